The van der Waals surface area contributed by atoms with Gasteiger partial charge in [-0.3, -0.25) is 9.59 Å². The van der Waals surface area contributed by atoms with Crippen LogP contribution in [0.25, 0.3) is 0 Å². The first kappa shape index (κ1) is 15.5. The maximum atomic E-state index is 11.8. The molecule has 0 radical (unpaired) electrons. The van der Waals surface area contributed by atoms with Gasteiger partial charge in [-0.15, -0.1) is 0 Å². The fourth-order valence-corrected chi connectivity index (χ4v) is 1.92. The lowest BCUT2D eigenvalue weighted by Crippen LogP contribution is -2.36. The molecule has 104 valence electrons. The van der Waals surface area contributed by atoms with Crippen molar-refractivity contribution in [2.45, 2.75) is 26.3 Å². The second-order valence-corrected chi connectivity index (χ2v) is 5.19. The van der Waals surface area contributed by atoms with Gasteiger partial charge in [0.2, 0.25) is 11.8 Å². The molecule has 1 aromatic rings. The van der Waals surface area contributed by atoms with Gasteiger partial charge in [0, 0.05) is 5.69 Å². The van der Waals surface area contributed by atoms with E-state index in [4.69, 9.17) is 23.1 Å². The first-order valence-electron chi connectivity index (χ1n) is 5.97. The highest BCUT2D eigenvalue weighted by Crippen LogP contribution is 2.20. The molecular formula is C13H18ClN3O2. The smallest absolute Gasteiger partial charge is 0.250 e. The monoisotopic (exact) mass is 283 g/mol. The molecule has 1 atom stereocenters. The molecule has 0 fully saturated rings. The number of hydrogen-bond acceptors (Lipinski definition) is 3. The molecule has 0 bridgehead atoms. The number of hydrogen-bond donors (Lipinski definition) is 3. The van der Waals surface area contributed by atoms with E-state index in [0.29, 0.717) is 18.0 Å². The summed E-state index contributed by atoms with van der Waals surface area (Å²) in [6, 6.07) is 3.93. The summed E-state index contributed by atoms with van der Waals surface area (Å²) in [5.74, 6) is -0.558. The minimum absolute atomic E-state index is 0.197. The van der Waals surface area contributed by atoms with E-state index in [2.05, 4.69) is 5.32 Å². The number of primary amides is 1. The van der Waals surface area contributed by atoms with Crippen LogP contribution in [0.2, 0.25) is 5.02 Å². The predicted molar refractivity (Wildman–Crippen MR) is 76.0 cm³/mol. The molecule has 1 aromatic carbocycles. The van der Waals surface area contributed by atoms with Gasteiger partial charge in [0.1, 0.15) is 0 Å². The van der Waals surface area contributed by atoms with E-state index in [0.717, 1.165) is 0 Å². The molecule has 1 rings (SSSR count). The summed E-state index contributed by atoms with van der Waals surface area (Å²) < 4.78 is 0. The van der Waals surface area contributed by atoms with E-state index in [1.54, 1.807) is 6.07 Å². The Morgan fingerprint density at radius 2 is 2.00 bits per heavy atom. The van der Waals surface area contributed by atoms with Gasteiger partial charge in [0.15, 0.2) is 0 Å². The van der Waals surface area contributed by atoms with Crippen LogP contribution in [-0.2, 0) is 4.79 Å². The van der Waals surface area contributed by atoms with Gasteiger partial charge in [-0.2, -0.15) is 0 Å². The normalized spacial score (nSPS) is 12.3. The lowest BCUT2D eigenvalue weighted by molar-refractivity contribution is -0.117. The molecule has 2 amide bonds. The van der Waals surface area contributed by atoms with Crippen molar-refractivity contribution in [3.63, 3.8) is 0 Å². The third-order valence-corrected chi connectivity index (χ3v) is 2.88. The Balaban J connectivity index is 2.75. The summed E-state index contributed by atoms with van der Waals surface area (Å²) in [5, 5.41) is 2.85. The van der Waals surface area contributed by atoms with Crippen LogP contribution in [0.1, 0.15) is 30.6 Å². The molecule has 19 heavy (non-hydrogen) atoms. The minimum atomic E-state index is -0.612. The predicted octanol–water partition coefficient (Wildman–Crippen LogP) is 1.75. The summed E-state index contributed by atoms with van der Waals surface area (Å²) in [4.78, 5) is 22.8. The first-order chi connectivity index (χ1) is 8.81. The van der Waals surface area contributed by atoms with E-state index in [1.165, 1.54) is 12.1 Å². The Labute approximate surface area is 117 Å². The van der Waals surface area contributed by atoms with Crippen molar-refractivity contribution in [3.8, 4) is 0 Å². The van der Waals surface area contributed by atoms with Crippen LogP contribution in [-0.4, -0.2) is 17.9 Å². The fraction of sp³-hybridized carbons (Fsp3) is 0.385. The van der Waals surface area contributed by atoms with Crippen LogP contribution in [0, 0.1) is 5.92 Å². The molecule has 0 heterocycles. The Bertz CT molecular complexity index is 489. The van der Waals surface area contributed by atoms with Crippen LogP contribution < -0.4 is 16.8 Å². The van der Waals surface area contributed by atoms with Gasteiger partial charge in [-0.05, 0) is 30.5 Å². The Morgan fingerprint density at radius 1 is 1.37 bits per heavy atom. The topological polar surface area (TPSA) is 98.2 Å². The Kier molecular flexibility index (Phi) is 5.32. The highest BCUT2D eigenvalue weighted by Gasteiger charge is 2.16. The molecule has 0 aliphatic carbocycles. The van der Waals surface area contributed by atoms with E-state index < -0.39 is 11.9 Å². The van der Waals surface area contributed by atoms with Gasteiger partial charge < -0.3 is 16.8 Å². The second kappa shape index (κ2) is 6.54. The highest BCUT2D eigenvalue weighted by molar-refractivity contribution is 6.34. The molecule has 0 aromatic heterocycles. The largest absolute Gasteiger partial charge is 0.366 e. The number of benzene rings is 1. The first-order valence-corrected chi connectivity index (χ1v) is 6.35. The fourth-order valence-electron chi connectivity index (χ4n) is 1.64. The maximum Gasteiger partial charge on any atom is 0.250 e. The van der Waals surface area contributed by atoms with Crippen molar-refractivity contribution >= 4 is 29.1 Å². The number of rotatable bonds is 5. The van der Waals surface area contributed by atoms with E-state index in [1.807, 2.05) is 13.8 Å². The van der Waals surface area contributed by atoms with Crippen LogP contribution >= 0.6 is 11.6 Å². The van der Waals surface area contributed by atoms with Crippen molar-refractivity contribution < 1.29 is 9.59 Å². The molecule has 6 heteroatoms. The van der Waals surface area contributed by atoms with Crippen LogP contribution in [0.4, 0.5) is 5.69 Å². The number of nitrogens with two attached hydrogens (primary N) is 2. The highest BCUT2D eigenvalue weighted by atomic mass is 35.5. The molecule has 0 spiro atoms. The molecule has 5 N–H and O–H groups in total. The molecule has 1 unspecified atom stereocenters. The van der Waals surface area contributed by atoms with Crippen molar-refractivity contribution in [3.05, 3.63) is 28.8 Å². The standard InChI is InChI=1S/C13H18ClN3O2/c1-7(2)5-11(15)13(19)17-8-3-4-9(12(16)18)10(14)6-8/h3-4,6-7,11H,5,15H2,1-2H3,(H2,16,18)(H,17,19). The zero-order chi connectivity index (χ0) is 14.6. The molecule has 5 nitrogen and oxygen atoms in total. The van der Waals surface area contributed by atoms with E-state index in [-0.39, 0.29) is 16.5 Å². The number of halogens is 1. The third-order valence-electron chi connectivity index (χ3n) is 2.56. The number of amides is 2. The summed E-state index contributed by atoms with van der Waals surface area (Å²) in [6.07, 6.45) is 0.596. The molecular weight excluding hydrogens is 266 g/mol. The summed E-state index contributed by atoms with van der Waals surface area (Å²) in [5.41, 5.74) is 11.6. The maximum absolute atomic E-state index is 11.8. The van der Waals surface area contributed by atoms with Gasteiger partial charge in [0.25, 0.3) is 0 Å². The van der Waals surface area contributed by atoms with Crippen molar-refractivity contribution in [1.82, 2.24) is 0 Å². The van der Waals surface area contributed by atoms with E-state index >= 15 is 0 Å². The van der Waals surface area contributed by atoms with Crippen LogP contribution in [0.3, 0.4) is 0 Å². The van der Waals surface area contributed by atoms with E-state index in [9.17, 15) is 9.59 Å². The van der Waals surface area contributed by atoms with Gasteiger partial charge in [-0.1, -0.05) is 25.4 Å². The van der Waals surface area contributed by atoms with Gasteiger partial charge in [-0.25, -0.2) is 0 Å². The number of carbonyl (C=O) groups excluding carboxylic acids is 2. The SMILES string of the molecule is CC(C)CC(N)C(=O)Nc1ccc(C(N)=O)c(Cl)c1. The average molecular weight is 284 g/mol. The zero-order valence-electron chi connectivity index (χ0n) is 10.9. The Hall–Kier alpha value is -1.59. The Morgan fingerprint density at radius 3 is 2.47 bits per heavy atom. The molecule has 0 saturated carbocycles. The quantitative estimate of drug-likeness (QED) is 0.768. The van der Waals surface area contributed by atoms with Crippen molar-refractivity contribution in [2.75, 3.05) is 5.32 Å². The van der Waals surface area contributed by atoms with Crippen LogP contribution in [0.5, 0.6) is 0 Å². The summed E-state index contributed by atoms with van der Waals surface area (Å²) in [7, 11) is 0. The lowest BCUT2D eigenvalue weighted by Gasteiger charge is -2.14. The second-order valence-electron chi connectivity index (χ2n) is 4.78. The third kappa shape index (κ3) is 4.54. The zero-order valence-corrected chi connectivity index (χ0v) is 11.7. The molecule has 0 aliphatic heterocycles. The van der Waals surface area contributed by atoms with Gasteiger partial charge in [0.05, 0.1) is 16.6 Å². The van der Waals surface area contributed by atoms with Crippen molar-refractivity contribution in [2.24, 2.45) is 17.4 Å². The molecule has 0 aliphatic rings. The van der Waals surface area contributed by atoms with Crippen LogP contribution in [0.15, 0.2) is 18.2 Å². The lowest BCUT2D eigenvalue weighted by atomic mass is 10.0. The summed E-state index contributed by atoms with van der Waals surface area (Å²) in [6.45, 7) is 3.98. The number of carbonyl (C=O) groups is 2. The minimum Gasteiger partial charge on any atom is -0.366 e. The molecule has 0 saturated heterocycles. The summed E-state index contributed by atoms with van der Waals surface area (Å²) >= 11 is 5.89. The number of nitrogens with one attached hydrogen (secondary N) is 1. The van der Waals surface area contributed by atoms with Crippen molar-refractivity contribution in [1.29, 1.82) is 0 Å². The number of anilines is 1. The average Bonchev–Trinajstić information content (AvgIpc) is 2.27. The van der Waals surface area contributed by atoms with Gasteiger partial charge >= 0.3 is 0 Å².